The largest absolute Gasteiger partial charge is 0.319 e. The first-order valence-corrected chi connectivity index (χ1v) is 9.05. The van der Waals surface area contributed by atoms with Crippen molar-refractivity contribution in [1.82, 2.24) is 19.2 Å². The van der Waals surface area contributed by atoms with Crippen LogP contribution >= 0.6 is 11.8 Å². The van der Waals surface area contributed by atoms with Crippen LogP contribution in [0.4, 0.5) is 0 Å². The SMILES string of the molecule is CCn1c(SCC(=O)Nn2cnc3ccccc32)nc2ccccc21. The molecule has 25 heavy (non-hydrogen) atoms. The van der Waals surface area contributed by atoms with Gasteiger partial charge in [0.2, 0.25) is 5.91 Å². The number of benzene rings is 2. The first-order valence-electron chi connectivity index (χ1n) is 8.06. The maximum absolute atomic E-state index is 12.3. The summed E-state index contributed by atoms with van der Waals surface area (Å²) in [7, 11) is 0. The molecule has 2 aromatic carbocycles. The molecule has 0 spiro atoms. The Balaban J connectivity index is 1.49. The van der Waals surface area contributed by atoms with Gasteiger partial charge in [-0.2, -0.15) is 0 Å². The molecular formula is C18H17N5OS. The highest BCUT2D eigenvalue weighted by atomic mass is 32.2. The first-order chi connectivity index (χ1) is 12.3. The third-order valence-electron chi connectivity index (χ3n) is 3.97. The fourth-order valence-electron chi connectivity index (χ4n) is 2.81. The van der Waals surface area contributed by atoms with E-state index in [0.29, 0.717) is 0 Å². The Morgan fingerprint density at radius 3 is 2.60 bits per heavy atom. The van der Waals surface area contributed by atoms with E-state index in [2.05, 4.69) is 26.9 Å². The number of imidazole rings is 2. The molecule has 2 heterocycles. The minimum Gasteiger partial charge on any atom is -0.319 e. The Morgan fingerprint density at radius 1 is 1.08 bits per heavy atom. The monoisotopic (exact) mass is 351 g/mol. The molecule has 0 fully saturated rings. The summed E-state index contributed by atoms with van der Waals surface area (Å²) in [4.78, 5) is 21.2. The standard InChI is InChI=1S/C18H17N5OS/c1-2-22-15-9-5-4-8-14(15)20-18(22)25-11-17(24)21-23-12-19-13-7-3-6-10-16(13)23/h3-10,12H,2,11H2,1H3,(H,21,24). The van der Waals surface area contributed by atoms with Gasteiger partial charge in [-0.05, 0) is 31.2 Å². The molecule has 1 amide bonds. The van der Waals surface area contributed by atoms with Gasteiger partial charge >= 0.3 is 0 Å². The molecule has 1 N–H and O–H groups in total. The fraction of sp³-hybridized carbons (Fsp3) is 0.167. The summed E-state index contributed by atoms with van der Waals surface area (Å²) in [6, 6.07) is 15.7. The van der Waals surface area contributed by atoms with Crippen molar-refractivity contribution in [3.63, 3.8) is 0 Å². The van der Waals surface area contributed by atoms with E-state index in [9.17, 15) is 4.79 Å². The molecule has 0 radical (unpaired) electrons. The summed E-state index contributed by atoms with van der Waals surface area (Å²) in [6.07, 6.45) is 1.62. The van der Waals surface area contributed by atoms with Gasteiger partial charge in [-0.1, -0.05) is 36.0 Å². The average molecular weight is 351 g/mol. The van der Waals surface area contributed by atoms with Gasteiger partial charge in [0.25, 0.3) is 0 Å². The van der Waals surface area contributed by atoms with Crippen LogP contribution in [-0.4, -0.2) is 30.9 Å². The number of fused-ring (bicyclic) bond motifs is 2. The summed E-state index contributed by atoms with van der Waals surface area (Å²) in [5.74, 6) is 0.193. The number of nitrogens with one attached hydrogen (secondary N) is 1. The van der Waals surface area contributed by atoms with Crippen LogP contribution in [0.5, 0.6) is 0 Å². The van der Waals surface area contributed by atoms with Gasteiger partial charge in [0, 0.05) is 6.54 Å². The second-order valence-corrected chi connectivity index (χ2v) is 6.50. The lowest BCUT2D eigenvalue weighted by Gasteiger charge is -2.08. The summed E-state index contributed by atoms with van der Waals surface area (Å²) < 4.78 is 3.78. The highest BCUT2D eigenvalue weighted by Gasteiger charge is 2.12. The lowest BCUT2D eigenvalue weighted by atomic mass is 10.3. The quantitative estimate of drug-likeness (QED) is 0.561. The van der Waals surface area contributed by atoms with Crippen LogP contribution in [0.2, 0.25) is 0 Å². The zero-order valence-corrected chi connectivity index (χ0v) is 14.5. The molecule has 0 atom stereocenters. The van der Waals surface area contributed by atoms with Gasteiger partial charge in [0.05, 0.1) is 27.8 Å². The van der Waals surface area contributed by atoms with Crippen LogP contribution < -0.4 is 5.43 Å². The average Bonchev–Trinajstić information content (AvgIpc) is 3.21. The minimum absolute atomic E-state index is 0.0946. The molecule has 0 aliphatic carbocycles. The van der Waals surface area contributed by atoms with Crippen LogP contribution in [0.25, 0.3) is 22.1 Å². The topological polar surface area (TPSA) is 64.7 Å². The number of nitrogens with zero attached hydrogens (tertiary/aromatic N) is 4. The van der Waals surface area contributed by atoms with Gasteiger partial charge in [0.15, 0.2) is 5.16 Å². The highest BCUT2D eigenvalue weighted by Crippen LogP contribution is 2.23. The van der Waals surface area contributed by atoms with Crippen LogP contribution in [0.15, 0.2) is 60.0 Å². The van der Waals surface area contributed by atoms with Crippen LogP contribution in [-0.2, 0) is 11.3 Å². The van der Waals surface area contributed by atoms with Gasteiger partial charge < -0.3 is 4.57 Å². The second-order valence-electron chi connectivity index (χ2n) is 5.55. The molecule has 6 nitrogen and oxygen atoms in total. The Labute approximate surface area is 148 Å². The number of aromatic nitrogens is 4. The predicted molar refractivity (Wildman–Crippen MR) is 100 cm³/mol. The van der Waals surface area contributed by atoms with Crippen molar-refractivity contribution >= 4 is 39.7 Å². The van der Waals surface area contributed by atoms with Gasteiger partial charge in [0.1, 0.15) is 6.33 Å². The number of para-hydroxylation sites is 4. The molecule has 4 rings (SSSR count). The number of hydrogen-bond acceptors (Lipinski definition) is 4. The highest BCUT2D eigenvalue weighted by molar-refractivity contribution is 7.99. The third kappa shape index (κ3) is 2.98. The van der Waals surface area contributed by atoms with Crippen LogP contribution in [0.3, 0.4) is 0 Å². The molecule has 0 saturated heterocycles. The van der Waals surface area contributed by atoms with Crippen LogP contribution in [0, 0.1) is 0 Å². The van der Waals surface area contributed by atoms with E-state index in [0.717, 1.165) is 33.8 Å². The second kappa shape index (κ2) is 6.60. The number of aryl methyl sites for hydroxylation is 1. The van der Waals surface area contributed by atoms with E-state index >= 15 is 0 Å². The van der Waals surface area contributed by atoms with Crippen molar-refractivity contribution in [2.24, 2.45) is 0 Å². The van der Waals surface area contributed by atoms with Crippen molar-refractivity contribution < 1.29 is 4.79 Å². The van der Waals surface area contributed by atoms with Crippen molar-refractivity contribution in [3.8, 4) is 0 Å². The summed E-state index contributed by atoms with van der Waals surface area (Å²) in [5, 5.41) is 0.856. The fourth-order valence-corrected chi connectivity index (χ4v) is 3.69. The van der Waals surface area contributed by atoms with E-state index < -0.39 is 0 Å². The maximum Gasteiger partial charge on any atom is 0.249 e. The predicted octanol–water partition coefficient (Wildman–Crippen LogP) is 3.27. The van der Waals surface area contributed by atoms with E-state index in [4.69, 9.17) is 0 Å². The minimum atomic E-state index is -0.0946. The van der Waals surface area contributed by atoms with E-state index in [1.807, 2.05) is 48.5 Å². The lowest BCUT2D eigenvalue weighted by Crippen LogP contribution is -2.23. The number of carbonyl (C=O) groups excluding carboxylic acids is 1. The zero-order chi connectivity index (χ0) is 17.2. The number of hydrogen-bond donors (Lipinski definition) is 1. The first kappa shape index (κ1) is 15.7. The molecule has 0 saturated carbocycles. The normalized spacial score (nSPS) is 11.2. The Kier molecular flexibility index (Phi) is 4.15. The molecule has 7 heteroatoms. The summed E-state index contributed by atoms with van der Waals surface area (Å²) in [5.41, 5.74) is 6.63. The molecule has 126 valence electrons. The van der Waals surface area contributed by atoms with Crippen LogP contribution in [0.1, 0.15) is 6.92 Å². The van der Waals surface area contributed by atoms with E-state index in [-0.39, 0.29) is 11.7 Å². The van der Waals surface area contributed by atoms with Crippen molar-refractivity contribution in [2.75, 3.05) is 11.2 Å². The molecule has 0 aliphatic rings. The smallest absolute Gasteiger partial charge is 0.249 e. The summed E-state index contributed by atoms with van der Waals surface area (Å²) >= 11 is 1.44. The third-order valence-corrected chi connectivity index (χ3v) is 4.94. The summed E-state index contributed by atoms with van der Waals surface area (Å²) in [6.45, 7) is 2.90. The molecule has 0 aliphatic heterocycles. The molecule has 0 unspecified atom stereocenters. The van der Waals surface area contributed by atoms with Crippen molar-refractivity contribution in [3.05, 3.63) is 54.9 Å². The van der Waals surface area contributed by atoms with Gasteiger partial charge in [-0.25, -0.2) is 14.6 Å². The zero-order valence-electron chi connectivity index (χ0n) is 13.7. The Bertz CT molecular complexity index is 1050. The number of amides is 1. The lowest BCUT2D eigenvalue weighted by molar-refractivity contribution is -0.114. The van der Waals surface area contributed by atoms with E-state index in [1.165, 1.54) is 11.8 Å². The number of rotatable bonds is 5. The molecule has 4 aromatic rings. The van der Waals surface area contributed by atoms with Crippen molar-refractivity contribution in [1.29, 1.82) is 0 Å². The Hall–Kier alpha value is -2.80. The molecule has 2 aromatic heterocycles. The van der Waals surface area contributed by atoms with Gasteiger partial charge in [-0.3, -0.25) is 10.2 Å². The van der Waals surface area contributed by atoms with E-state index in [1.54, 1.807) is 11.0 Å². The van der Waals surface area contributed by atoms with Crippen molar-refractivity contribution in [2.45, 2.75) is 18.6 Å². The van der Waals surface area contributed by atoms with Gasteiger partial charge in [-0.15, -0.1) is 0 Å². The number of carbonyl (C=O) groups is 1. The molecule has 0 bridgehead atoms. The maximum atomic E-state index is 12.3. The number of thioether (sulfide) groups is 1. The Morgan fingerprint density at radius 2 is 1.80 bits per heavy atom. The molecular weight excluding hydrogens is 334 g/mol.